The zero-order valence-electron chi connectivity index (χ0n) is 10.4. The number of hydrogen-bond donors (Lipinski definition) is 1. The van der Waals surface area contributed by atoms with E-state index in [0.717, 1.165) is 5.56 Å². The lowest BCUT2D eigenvalue weighted by molar-refractivity contribution is -0.130. The largest absolute Gasteiger partial charge is 0.347 e. The zero-order valence-corrected chi connectivity index (χ0v) is 10.4. The van der Waals surface area contributed by atoms with Crippen LogP contribution in [0.3, 0.4) is 0 Å². The van der Waals surface area contributed by atoms with Crippen LogP contribution in [0.25, 0.3) is 0 Å². The molecule has 0 aliphatic heterocycles. The van der Waals surface area contributed by atoms with E-state index in [0.29, 0.717) is 5.56 Å². The molecule has 1 rings (SSSR count). The molecule has 2 amide bonds. The number of amides is 2. The van der Waals surface area contributed by atoms with Crippen molar-refractivity contribution >= 4 is 11.8 Å². The summed E-state index contributed by atoms with van der Waals surface area (Å²) in [6, 6.07) is 8.79. The van der Waals surface area contributed by atoms with Crippen molar-refractivity contribution < 1.29 is 9.59 Å². The molecule has 18 heavy (non-hydrogen) atoms. The van der Waals surface area contributed by atoms with Crippen LogP contribution in [0, 0.1) is 11.3 Å². The van der Waals surface area contributed by atoms with Crippen molar-refractivity contribution in [3.63, 3.8) is 0 Å². The van der Waals surface area contributed by atoms with Gasteiger partial charge in [0.25, 0.3) is 0 Å². The molecule has 0 atom stereocenters. The van der Waals surface area contributed by atoms with Crippen LogP contribution in [-0.4, -0.2) is 37.4 Å². The SMILES string of the molecule is CN(C)C(=O)CNC(=O)Cc1ccc(C#N)cc1. The van der Waals surface area contributed by atoms with Gasteiger partial charge in [0, 0.05) is 14.1 Å². The molecule has 5 heteroatoms. The van der Waals surface area contributed by atoms with E-state index in [-0.39, 0.29) is 24.8 Å². The average Bonchev–Trinajstić information content (AvgIpc) is 2.36. The van der Waals surface area contributed by atoms with Crippen molar-refractivity contribution in [2.45, 2.75) is 6.42 Å². The molecule has 0 radical (unpaired) electrons. The summed E-state index contributed by atoms with van der Waals surface area (Å²) in [4.78, 5) is 24.2. The quantitative estimate of drug-likeness (QED) is 0.829. The molecule has 5 nitrogen and oxygen atoms in total. The van der Waals surface area contributed by atoms with Crippen LogP contribution in [0.5, 0.6) is 0 Å². The number of likely N-dealkylation sites (N-methyl/N-ethyl adjacent to an activating group) is 1. The predicted molar refractivity (Wildman–Crippen MR) is 66.6 cm³/mol. The molecule has 0 saturated heterocycles. The second-order valence-corrected chi connectivity index (χ2v) is 4.05. The van der Waals surface area contributed by atoms with Crippen LogP contribution in [0.4, 0.5) is 0 Å². The van der Waals surface area contributed by atoms with Crippen LogP contribution in [0.1, 0.15) is 11.1 Å². The first-order valence-corrected chi connectivity index (χ1v) is 5.49. The highest BCUT2D eigenvalue weighted by molar-refractivity contribution is 5.85. The molecule has 0 aliphatic carbocycles. The Hall–Kier alpha value is -2.35. The molecule has 0 saturated carbocycles. The molecule has 1 aromatic carbocycles. The lowest BCUT2D eigenvalue weighted by atomic mass is 10.1. The van der Waals surface area contributed by atoms with Gasteiger partial charge in [0.05, 0.1) is 24.6 Å². The summed E-state index contributed by atoms with van der Waals surface area (Å²) in [5.41, 5.74) is 1.37. The Morgan fingerprint density at radius 2 is 1.89 bits per heavy atom. The average molecular weight is 245 g/mol. The minimum absolute atomic E-state index is 0.00210. The monoisotopic (exact) mass is 245 g/mol. The first-order chi connectivity index (χ1) is 8.52. The van der Waals surface area contributed by atoms with Gasteiger partial charge in [-0.2, -0.15) is 5.26 Å². The molecule has 0 unspecified atom stereocenters. The summed E-state index contributed by atoms with van der Waals surface area (Å²) < 4.78 is 0. The molecule has 1 aromatic rings. The molecule has 0 bridgehead atoms. The summed E-state index contributed by atoms with van der Waals surface area (Å²) in [6.45, 7) is 0.00210. The Labute approximate surface area is 106 Å². The lowest BCUT2D eigenvalue weighted by Gasteiger charge is -2.10. The van der Waals surface area contributed by atoms with Gasteiger partial charge in [-0.05, 0) is 17.7 Å². The van der Waals surface area contributed by atoms with E-state index in [1.807, 2.05) is 6.07 Å². The van der Waals surface area contributed by atoms with Gasteiger partial charge in [0.1, 0.15) is 0 Å². The van der Waals surface area contributed by atoms with Crippen molar-refractivity contribution in [1.82, 2.24) is 10.2 Å². The summed E-state index contributed by atoms with van der Waals surface area (Å²) in [5, 5.41) is 11.2. The van der Waals surface area contributed by atoms with Crippen molar-refractivity contribution in [2.24, 2.45) is 0 Å². The predicted octanol–water partition coefficient (Wildman–Crippen LogP) is 0.305. The van der Waals surface area contributed by atoms with Crippen LogP contribution in [0.15, 0.2) is 24.3 Å². The number of rotatable bonds is 4. The fourth-order valence-corrected chi connectivity index (χ4v) is 1.28. The fraction of sp³-hybridized carbons (Fsp3) is 0.308. The highest BCUT2D eigenvalue weighted by Crippen LogP contribution is 2.03. The van der Waals surface area contributed by atoms with Crippen LogP contribution in [0.2, 0.25) is 0 Å². The van der Waals surface area contributed by atoms with E-state index in [4.69, 9.17) is 5.26 Å². The fourth-order valence-electron chi connectivity index (χ4n) is 1.28. The maximum Gasteiger partial charge on any atom is 0.241 e. The molecular formula is C13H15N3O2. The standard InChI is InChI=1S/C13H15N3O2/c1-16(2)13(18)9-15-12(17)7-10-3-5-11(8-14)6-4-10/h3-6H,7,9H2,1-2H3,(H,15,17). The molecule has 0 heterocycles. The van der Waals surface area contributed by atoms with Crippen LogP contribution >= 0.6 is 0 Å². The van der Waals surface area contributed by atoms with E-state index >= 15 is 0 Å². The molecular weight excluding hydrogens is 230 g/mol. The second kappa shape index (κ2) is 6.40. The Kier molecular flexibility index (Phi) is 4.88. The Morgan fingerprint density at radius 1 is 1.28 bits per heavy atom. The Balaban J connectivity index is 2.45. The maximum absolute atomic E-state index is 11.5. The van der Waals surface area contributed by atoms with Crippen molar-refractivity contribution in [3.05, 3.63) is 35.4 Å². The van der Waals surface area contributed by atoms with E-state index in [1.165, 1.54) is 4.90 Å². The van der Waals surface area contributed by atoms with Gasteiger partial charge in [-0.1, -0.05) is 12.1 Å². The van der Waals surface area contributed by atoms with Gasteiger partial charge in [-0.3, -0.25) is 9.59 Å². The second-order valence-electron chi connectivity index (χ2n) is 4.05. The Bertz CT molecular complexity index is 472. The molecule has 94 valence electrons. The summed E-state index contributed by atoms with van der Waals surface area (Å²) in [7, 11) is 3.27. The third kappa shape index (κ3) is 4.26. The number of nitrogens with zero attached hydrogens (tertiary/aromatic N) is 2. The third-order valence-corrected chi connectivity index (χ3v) is 2.38. The van der Waals surface area contributed by atoms with E-state index in [9.17, 15) is 9.59 Å². The summed E-state index contributed by atoms with van der Waals surface area (Å²) in [6.07, 6.45) is 0.201. The normalized spacial score (nSPS) is 9.39. The summed E-state index contributed by atoms with van der Waals surface area (Å²) >= 11 is 0. The number of nitrogens with one attached hydrogen (secondary N) is 1. The number of benzene rings is 1. The van der Waals surface area contributed by atoms with Crippen molar-refractivity contribution in [3.8, 4) is 6.07 Å². The zero-order chi connectivity index (χ0) is 13.5. The topological polar surface area (TPSA) is 73.2 Å². The van der Waals surface area contributed by atoms with E-state index < -0.39 is 0 Å². The van der Waals surface area contributed by atoms with Gasteiger partial charge < -0.3 is 10.2 Å². The molecule has 0 aliphatic rings. The lowest BCUT2D eigenvalue weighted by Crippen LogP contribution is -2.36. The number of carbonyl (C=O) groups is 2. The van der Waals surface area contributed by atoms with Crippen LogP contribution < -0.4 is 5.32 Å². The van der Waals surface area contributed by atoms with Gasteiger partial charge >= 0.3 is 0 Å². The highest BCUT2D eigenvalue weighted by Gasteiger charge is 2.07. The van der Waals surface area contributed by atoms with E-state index in [2.05, 4.69) is 5.32 Å². The molecule has 1 N–H and O–H groups in total. The number of carbonyl (C=O) groups excluding carboxylic acids is 2. The minimum Gasteiger partial charge on any atom is -0.347 e. The number of nitriles is 1. The van der Waals surface area contributed by atoms with Gasteiger partial charge in [0.2, 0.25) is 11.8 Å². The van der Waals surface area contributed by atoms with Gasteiger partial charge in [-0.15, -0.1) is 0 Å². The van der Waals surface area contributed by atoms with Crippen molar-refractivity contribution in [1.29, 1.82) is 5.26 Å². The van der Waals surface area contributed by atoms with Crippen molar-refractivity contribution in [2.75, 3.05) is 20.6 Å². The Morgan fingerprint density at radius 3 is 2.39 bits per heavy atom. The highest BCUT2D eigenvalue weighted by atomic mass is 16.2. The van der Waals surface area contributed by atoms with Gasteiger partial charge in [-0.25, -0.2) is 0 Å². The third-order valence-electron chi connectivity index (χ3n) is 2.38. The first-order valence-electron chi connectivity index (χ1n) is 5.49. The minimum atomic E-state index is -0.213. The molecule has 0 fully saturated rings. The first kappa shape index (κ1) is 13.7. The molecule has 0 aromatic heterocycles. The van der Waals surface area contributed by atoms with Gasteiger partial charge in [0.15, 0.2) is 0 Å². The summed E-state index contributed by atoms with van der Waals surface area (Å²) in [5.74, 6) is -0.363. The molecule has 0 spiro atoms. The number of hydrogen-bond acceptors (Lipinski definition) is 3. The smallest absolute Gasteiger partial charge is 0.241 e. The van der Waals surface area contributed by atoms with E-state index in [1.54, 1.807) is 38.4 Å². The maximum atomic E-state index is 11.5. The van der Waals surface area contributed by atoms with Crippen LogP contribution in [-0.2, 0) is 16.0 Å².